The predicted molar refractivity (Wildman–Crippen MR) is 83.1 cm³/mol. The van der Waals surface area contributed by atoms with Gasteiger partial charge in [-0.3, -0.25) is 4.79 Å². The van der Waals surface area contributed by atoms with Crippen LogP contribution in [0.1, 0.15) is 56.5 Å². The molecule has 0 aliphatic rings. The van der Waals surface area contributed by atoms with E-state index in [9.17, 15) is 9.90 Å². The van der Waals surface area contributed by atoms with Gasteiger partial charge in [0, 0.05) is 18.2 Å². The fourth-order valence-electron chi connectivity index (χ4n) is 2.47. The van der Waals surface area contributed by atoms with Gasteiger partial charge in [0.05, 0.1) is 0 Å². The molecule has 20 heavy (non-hydrogen) atoms. The molecule has 0 bridgehead atoms. The number of hydrogen-bond acceptors (Lipinski definition) is 2. The van der Waals surface area contributed by atoms with E-state index in [4.69, 9.17) is 0 Å². The summed E-state index contributed by atoms with van der Waals surface area (Å²) in [6.45, 7) is 11.1. The van der Waals surface area contributed by atoms with Crippen molar-refractivity contribution < 1.29 is 9.90 Å². The number of nitrogens with zero attached hydrogens (tertiary/aromatic N) is 1. The molecule has 1 aromatic carbocycles. The zero-order valence-electron chi connectivity index (χ0n) is 13.3. The first kappa shape index (κ1) is 16.5. The van der Waals surface area contributed by atoms with Crippen LogP contribution in [-0.2, 0) is 0 Å². The summed E-state index contributed by atoms with van der Waals surface area (Å²) in [6, 6.07) is 5.36. The molecule has 0 aromatic heterocycles. The van der Waals surface area contributed by atoms with E-state index in [1.54, 1.807) is 18.2 Å². The molecule has 0 spiro atoms. The number of rotatable bonds is 6. The Kier molecular flexibility index (Phi) is 6.05. The third kappa shape index (κ3) is 3.99. The van der Waals surface area contributed by atoms with Crippen molar-refractivity contribution in [3.63, 3.8) is 0 Å². The Hall–Kier alpha value is -1.51. The molecule has 1 aromatic rings. The van der Waals surface area contributed by atoms with Crippen LogP contribution in [-0.4, -0.2) is 28.5 Å². The lowest BCUT2D eigenvalue weighted by molar-refractivity contribution is 0.0640. The van der Waals surface area contributed by atoms with Crippen LogP contribution >= 0.6 is 0 Å². The summed E-state index contributed by atoms with van der Waals surface area (Å²) >= 11 is 0. The average Bonchev–Trinajstić information content (AvgIpc) is 2.41. The summed E-state index contributed by atoms with van der Waals surface area (Å²) < 4.78 is 0. The summed E-state index contributed by atoms with van der Waals surface area (Å²) in [7, 11) is 0. The van der Waals surface area contributed by atoms with Gasteiger partial charge in [-0.1, -0.05) is 27.7 Å². The minimum Gasteiger partial charge on any atom is -0.508 e. The second kappa shape index (κ2) is 7.32. The largest absolute Gasteiger partial charge is 0.508 e. The first-order valence-corrected chi connectivity index (χ1v) is 7.51. The first-order chi connectivity index (χ1) is 9.40. The van der Waals surface area contributed by atoms with Crippen LogP contribution < -0.4 is 0 Å². The number of hydrogen-bond donors (Lipinski definition) is 1. The third-order valence-electron chi connectivity index (χ3n) is 3.65. The second-order valence-corrected chi connectivity index (χ2v) is 5.82. The topological polar surface area (TPSA) is 40.5 Å². The van der Waals surface area contributed by atoms with Crippen LogP contribution in [0, 0.1) is 12.8 Å². The molecule has 112 valence electrons. The fraction of sp³-hybridized carbons (Fsp3) is 0.588. The van der Waals surface area contributed by atoms with Crippen molar-refractivity contribution >= 4 is 5.91 Å². The first-order valence-electron chi connectivity index (χ1n) is 7.51. The van der Waals surface area contributed by atoms with Crippen LogP contribution in [0.4, 0.5) is 0 Å². The lowest BCUT2D eigenvalue weighted by atomic mass is 10.0. The summed E-state index contributed by atoms with van der Waals surface area (Å²) in [4.78, 5) is 14.7. The van der Waals surface area contributed by atoms with Crippen LogP contribution in [0.2, 0.25) is 0 Å². The molecule has 0 fully saturated rings. The van der Waals surface area contributed by atoms with Crippen molar-refractivity contribution in [2.24, 2.45) is 5.92 Å². The van der Waals surface area contributed by atoms with E-state index >= 15 is 0 Å². The van der Waals surface area contributed by atoms with Gasteiger partial charge in [0.15, 0.2) is 0 Å². The molecular weight excluding hydrogens is 250 g/mol. The van der Waals surface area contributed by atoms with Gasteiger partial charge in [0.25, 0.3) is 5.91 Å². The van der Waals surface area contributed by atoms with Crippen molar-refractivity contribution in [2.45, 2.75) is 53.5 Å². The van der Waals surface area contributed by atoms with Crippen LogP contribution in [0.3, 0.4) is 0 Å². The minimum absolute atomic E-state index is 0.0653. The number of benzene rings is 1. The molecule has 0 saturated carbocycles. The van der Waals surface area contributed by atoms with Crippen molar-refractivity contribution in [3.05, 3.63) is 29.3 Å². The van der Waals surface area contributed by atoms with E-state index in [1.807, 2.05) is 11.8 Å². The highest BCUT2D eigenvalue weighted by Gasteiger charge is 2.23. The molecular formula is C17H27NO2. The van der Waals surface area contributed by atoms with E-state index in [0.29, 0.717) is 11.5 Å². The molecule has 0 aliphatic heterocycles. The molecule has 0 heterocycles. The average molecular weight is 277 g/mol. The van der Waals surface area contributed by atoms with E-state index in [0.717, 1.165) is 24.9 Å². The third-order valence-corrected chi connectivity index (χ3v) is 3.65. The highest BCUT2D eigenvalue weighted by atomic mass is 16.3. The monoisotopic (exact) mass is 277 g/mol. The van der Waals surface area contributed by atoms with E-state index in [-0.39, 0.29) is 17.7 Å². The molecule has 3 nitrogen and oxygen atoms in total. The van der Waals surface area contributed by atoms with Crippen molar-refractivity contribution in [3.8, 4) is 5.75 Å². The van der Waals surface area contributed by atoms with Gasteiger partial charge in [0.2, 0.25) is 0 Å². The van der Waals surface area contributed by atoms with Gasteiger partial charge in [0.1, 0.15) is 5.75 Å². The maximum atomic E-state index is 12.7. The standard InChI is InChI=1S/C17H27NO2/c1-6-15(7-2)18(11-12(3)4)17(20)14-8-9-16(19)13(5)10-14/h8-10,12,15,19H,6-7,11H2,1-5H3. The highest BCUT2D eigenvalue weighted by Crippen LogP contribution is 2.21. The van der Waals surface area contributed by atoms with E-state index < -0.39 is 0 Å². The Morgan fingerprint density at radius 2 is 1.85 bits per heavy atom. The Bertz CT molecular complexity index is 450. The Labute approximate surface area is 122 Å². The number of aromatic hydroxyl groups is 1. The molecule has 0 unspecified atom stereocenters. The van der Waals surface area contributed by atoms with Crippen LogP contribution in [0.15, 0.2) is 18.2 Å². The van der Waals surface area contributed by atoms with Gasteiger partial charge in [-0.25, -0.2) is 0 Å². The zero-order chi connectivity index (χ0) is 15.3. The molecule has 1 rings (SSSR count). The highest BCUT2D eigenvalue weighted by molar-refractivity contribution is 5.94. The molecule has 1 N–H and O–H groups in total. The maximum absolute atomic E-state index is 12.7. The number of amides is 1. The fourth-order valence-corrected chi connectivity index (χ4v) is 2.47. The van der Waals surface area contributed by atoms with Gasteiger partial charge < -0.3 is 10.0 Å². The van der Waals surface area contributed by atoms with E-state index in [1.165, 1.54) is 0 Å². The quantitative estimate of drug-likeness (QED) is 0.854. The minimum atomic E-state index is 0.0653. The van der Waals surface area contributed by atoms with Crippen LogP contribution in [0.5, 0.6) is 5.75 Å². The maximum Gasteiger partial charge on any atom is 0.254 e. The Morgan fingerprint density at radius 3 is 2.30 bits per heavy atom. The normalized spacial score (nSPS) is 11.2. The summed E-state index contributed by atoms with van der Waals surface area (Å²) in [5.74, 6) is 0.743. The number of aryl methyl sites for hydroxylation is 1. The van der Waals surface area contributed by atoms with Crippen LogP contribution in [0.25, 0.3) is 0 Å². The van der Waals surface area contributed by atoms with Crippen molar-refractivity contribution in [1.82, 2.24) is 4.90 Å². The summed E-state index contributed by atoms with van der Waals surface area (Å²) in [5, 5.41) is 9.59. The Balaban J connectivity index is 3.05. The smallest absolute Gasteiger partial charge is 0.254 e. The lowest BCUT2D eigenvalue weighted by Crippen LogP contribution is -2.42. The Morgan fingerprint density at radius 1 is 1.25 bits per heavy atom. The van der Waals surface area contributed by atoms with Gasteiger partial charge in [-0.05, 0) is 49.4 Å². The van der Waals surface area contributed by atoms with Crippen molar-refractivity contribution in [2.75, 3.05) is 6.54 Å². The molecule has 0 atom stereocenters. The number of carbonyl (C=O) groups is 1. The number of phenols is 1. The second-order valence-electron chi connectivity index (χ2n) is 5.82. The SMILES string of the molecule is CCC(CC)N(CC(C)C)C(=O)c1ccc(O)c(C)c1. The molecule has 0 saturated heterocycles. The molecule has 3 heteroatoms. The lowest BCUT2D eigenvalue weighted by Gasteiger charge is -2.32. The van der Waals surface area contributed by atoms with Gasteiger partial charge >= 0.3 is 0 Å². The van der Waals surface area contributed by atoms with Gasteiger partial charge in [-0.15, -0.1) is 0 Å². The molecule has 0 radical (unpaired) electrons. The number of phenolic OH excluding ortho intramolecular Hbond substituents is 1. The van der Waals surface area contributed by atoms with E-state index in [2.05, 4.69) is 27.7 Å². The zero-order valence-corrected chi connectivity index (χ0v) is 13.3. The van der Waals surface area contributed by atoms with Crippen molar-refractivity contribution in [1.29, 1.82) is 0 Å². The number of carbonyl (C=O) groups excluding carboxylic acids is 1. The summed E-state index contributed by atoms with van der Waals surface area (Å²) in [5.41, 5.74) is 1.40. The summed E-state index contributed by atoms with van der Waals surface area (Å²) in [6.07, 6.45) is 1.93. The molecule has 1 amide bonds. The predicted octanol–water partition coefficient (Wildman–Crippen LogP) is 3.99. The van der Waals surface area contributed by atoms with Gasteiger partial charge in [-0.2, -0.15) is 0 Å². The molecule has 0 aliphatic carbocycles.